The lowest BCUT2D eigenvalue weighted by molar-refractivity contribution is 0.623. The van der Waals surface area contributed by atoms with Crippen LogP contribution >= 0.6 is 11.6 Å². The first kappa shape index (κ1) is 12.8. The van der Waals surface area contributed by atoms with Crippen LogP contribution in [0.15, 0.2) is 42.5 Å². The maximum absolute atomic E-state index is 13.5. The second-order valence-electron chi connectivity index (χ2n) is 4.04. The average Bonchev–Trinajstić information content (AvgIpc) is 2.34. The van der Waals surface area contributed by atoms with Gasteiger partial charge in [0.2, 0.25) is 0 Å². The van der Waals surface area contributed by atoms with Gasteiger partial charge in [-0.3, -0.25) is 0 Å². The zero-order chi connectivity index (χ0) is 13.1. The van der Waals surface area contributed by atoms with Gasteiger partial charge in [-0.05, 0) is 42.8 Å². The Morgan fingerprint density at radius 3 is 2.39 bits per heavy atom. The van der Waals surface area contributed by atoms with E-state index >= 15 is 0 Å². The summed E-state index contributed by atoms with van der Waals surface area (Å²) in [5, 5.41) is 3.47. The zero-order valence-corrected chi connectivity index (χ0v) is 10.5. The summed E-state index contributed by atoms with van der Waals surface area (Å²) in [6.45, 7) is 1.87. The third kappa shape index (κ3) is 2.99. The predicted molar refractivity (Wildman–Crippen MR) is 69.8 cm³/mol. The van der Waals surface area contributed by atoms with Gasteiger partial charge in [-0.1, -0.05) is 23.7 Å². The van der Waals surface area contributed by atoms with Crippen molar-refractivity contribution in [2.45, 2.75) is 13.0 Å². The quantitative estimate of drug-likeness (QED) is 0.843. The van der Waals surface area contributed by atoms with Gasteiger partial charge in [-0.25, -0.2) is 8.78 Å². The van der Waals surface area contributed by atoms with Gasteiger partial charge < -0.3 is 5.32 Å². The molecule has 94 valence electrons. The highest BCUT2D eigenvalue weighted by molar-refractivity contribution is 6.30. The van der Waals surface area contributed by atoms with Crippen LogP contribution in [0.5, 0.6) is 0 Å². The second kappa shape index (κ2) is 5.36. The smallest absolute Gasteiger partial charge is 0.146 e. The van der Waals surface area contributed by atoms with Crippen LogP contribution in [-0.4, -0.2) is 0 Å². The van der Waals surface area contributed by atoms with E-state index in [4.69, 9.17) is 11.6 Å². The van der Waals surface area contributed by atoms with Crippen LogP contribution in [0.25, 0.3) is 0 Å². The van der Waals surface area contributed by atoms with Crippen LogP contribution in [0.3, 0.4) is 0 Å². The van der Waals surface area contributed by atoms with Crippen LogP contribution in [0.4, 0.5) is 14.5 Å². The Hall–Kier alpha value is -1.61. The maximum atomic E-state index is 13.5. The largest absolute Gasteiger partial charge is 0.376 e. The molecular weight excluding hydrogens is 256 g/mol. The Balaban J connectivity index is 2.18. The van der Waals surface area contributed by atoms with Crippen molar-refractivity contribution < 1.29 is 8.78 Å². The first-order valence-electron chi connectivity index (χ1n) is 5.53. The van der Waals surface area contributed by atoms with Crippen molar-refractivity contribution in [3.8, 4) is 0 Å². The fourth-order valence-corrected chi connectivity index (χ4v) is 1.85. The molecule has 1 atom stereocenters. The molecule has 1 unspecified atom stereocenters. The van der Waals surface area contributed by atoms with Gasteiger partial charge in [0.15, 0.2) is 0 Å². The number of nitrogens with one attached hydrogen (secondary N) is 1. The molecule has 0 saturated carbocycles. The SMILES string of the molecule is CC(Nc1cc(Cl)ccc1F)c1ccc(F)cc1. The summed E-state index contributed by atoms with van der Waals surface area (Å²) in [4.78, 5) is 0. The zero-order valence-electron chi connectivity index (χ0n) is 9.75. The molecule has 0 aliphatic rings. The molecule has 0 saturated heterocycles. The molecule has 0 heterocycles. The van der Waals surface area contributed by atoms with Gasteiger partial charge in [-0.15, -0.1) is 0 Å². The topological polar surface area (TPSA) is 12.0 Å². The summed E-state index contributed by atoms with van der Waals surface area (Å²) < 4.78 is 26.3. The minimum atomic E-state index is -0.367. The molecular formula is C14H12ClF2N. The molecule has 1 N–H and O–H groups in total. The Kier molecular flexibility index (Phi) is 3.82. The van der Waals surface area contributed by atoms with E-state index in [1.165, 1.54) is 30.3 Å². The number of halogens is 3. The van der Waals surface area contributed by atoms with Crippen molar-refractivity contribution in [2.24, 2.45) is 0 Å². The summed E-state index contributed by atoms with van der Waals surface area (Å²) in [5.41, 5.74) is 1.20. The Morgan fingerprint density at radius 1 is 1.06 bits per heavy atom. The molecule has 18 heavy (non-hydrogen) atoms. The Morgan fingerprint density at radius 2 is 1.72 bits per heavy atom. The Labute approximate surface area is 109 Å². The van der Waals surface area contributed by atoms with E-state index in [0.29, 0.717) is 10.7 Å². The van der Waals surface area contributed by atoms with E-state index in [9.17, 15) is 8.78 Å². The van der Waals surface area contributed by atoms with Crippen molar-refractivity contribution in [2.75, 3.05) is 5.32 Å². The van der Waals surface area contributed by atoms with Crippen molar-refractivity contribution in [1.29, 1.82) is 0 Å². The molecule has 2 rings (SSSR count). The van der Waals surface area contributed by atoms with Gasteiger partial charge in [0, 0.05) is 11.1 Å². The van der Waals surface area contributed by atoms with E-state index in [1.807, 2.05) is 6.92 Å². The standard InChI is InChI=1S/C14H12ClF2N/c1-9(10-2-5-12(16)6-3-10)18-14-8-11(15)4-7-13(14)17/h2-9,18H,1H3. The first-order valence-corrected chi connectivity index (χ1v) is 5.91. The lowest BCUT2D eigenvalue weighted by Gasteiger charge is -2.16. The normalized spacial score (nSPS) is 12.2. The van der Waals surface area contributed by atoms with Crippen molar-refractivity contribution in [3.05, 3.63) is 64.7 Å². The van der Waals surface area contributed by atoms with E-state index in [1.54, 1.807) is 12.1 Å². The molecule has 0 radical (unpaired) electrons. The first-order chi connectivity index (χ1) is 8.56. The maximum Gasteiger partial charge on any atom is 0.146 e. The van der Waals surface area contributed by atoms with Crippen LogP contribution in [0.1, 0.15) is 18.5 Å². The monoisotopic (exact) mass is 267 g/mol. The highest BCUT2D eigenvalue weighted by atomic mass is 35.5. The molecule has 0 bridgehead atoms. The summed E-state index contributed by atoms with van der Waals surface area (Å²) in [7, 11) is 0. The molecule has 0 aliphatic heterocycles. The summed E-state index contributed by atoms with van der Waals surface area (Å²) in [5.74, 6) is -0.659. The van der Waals surface area contributed by atoms with Gasteiger partial charge in [-0.2, -0.15) is 0 Å². The summed E-state index contributed by atoms with van der Waals surface area (Å²) >= 11 is 5.81. The Bertz CT molecular complexity index is 540. The van der Waals surface area contributed by atoms with Crippen LogP contribution in [-0.2, 0) is 0 Å². The third-order valence-corrected chi connectivity index (χ3v) is 2.91. The average molecular weight is 268 g/mol. The van der Waals surface area contributed by atoms with Gasteiger partial charge >= 0.3 is 0 Å². The molecule has 1 nitrogen and oxygen atoms in total. The highest BCUT2D eigenvalue weighted by Gasteiger charge is 2.09. The number of anilines is 1. The molecule has 0 spiro atoms. The van der Waals surface area contributed by atoms with E-state index in [2.05, 4.69) is 5.32 Å². The van der Waals surface area contributed by atoms with Crippen LogP contribution in [0, 0.1) is 11.6 Å². The fourth-order valence-electron chi connectivity index (χ4n) is 1.68. The van der Waals surface area contributed by atoms with Crippen LogP contribution in [0.2, 0.25) is 5.02 Å². The molecule has 0 aliphatic carbocycles. The lowest BCUT2D eigenvalue weighted by atomic mass is 10.1. The van der Waals surface area contributed by atoms with E-state index < -0.39 is 0 Å². The number of hydrogen-bond donors (Lipinski definition) is 1. The number of benzene rings is 2. The molecule has 2 aromatic rings. The van der Waals surface area contributed by atoms with Gasteiger partial charge in [0.25, 0.3) is 0 Å². The van der Waals surface area contributed by atoms with Crippen LogP contribution < -0.4 is 5.32 Å². The molecule has 0 fully saturated rings. The molecule has 0 amide bonds. The second-order valence-corrected chi connectivity index (χ2v) is 4.48. The minimum Gasteiger partial charge on any atom is -0.376 e. The third-order valence-electron chi connectivity index (χ3n) is 2.67. The van der Waals surface area contributed by atoms with Crippen molar-refractivity contribution in [1.82, 2.24) is 0 Å². The summed E-state index contributed by atoms with van der Waals surface area (Å²) in [6.07, 6.45) is 0. The van der Waals surface area contributed by atoms with E-state index in [0.717, 1.165) is 5.56 Å². The van der Waals surface area contributed by atoms with Crippen molar-refractivity contribution >= 4 is 17.3 Å². The highest BCUT2D eigenvalue weighted by Crippen LogP contribution is 2.24. The molecule has 0 aromatic heterocycles. The van der Waals surface area contributed by atoms with E-state index in [-0.39, 0.29) is 17.7 Å². The van der Waals surface area contributed by atoms with Gasteiger partial charge in [0.05, 0.1) is 5.69 Å². The minimum absolute atomic E-state index is 0.140. The number of hydrogen-bond acceptors (Lipinski definition) is 1. The lowest BCUT2D eigenvalue weighted by Crippen LogP contribution is -2.07. The molecule has 4 heteroatoms. The summed E-state index contributed by atoms with van der Waals surface area (Å²) in [6, 6.07) is 10.3. The predicted octanol–water partition coefficient (Wildman–Crippen LogP) is 4.79. The van der Waals surface area contributed by atoms with Gasteiger partial charge in [0.1, 0.15) is 11.6 Å². The number of rotatable bonds is 3. The van der Waals surface area contributed by atoms with Crippen molar-refractivity contribution in [3.63, 3.8) is 0 Å². The molecule has 2 aromatic carbocycles. The fraction of sp³-hybridized carbons (Fsp3) is 0.143.